The van der Waals surface area contributed by atoms with Gasteiger partial charge in [0.05, 0.1) is 19.1 Å². The van der Waals surface area contributed by atoms with Gasteiger partial charge in [-0.25, -0.2) is 15.0 Å². The molecule has 4 rings (SSSR count). The van der Waals surface area contributed by atoms with Crippen LogP contribution in [0.25, 0.3) is 11.5 Å². The number of carbonyl (C=O) groups is 1. The molecule has 2 aromatic heterocycles. The molecule has 0 bridgehead atoms. The number of ether oxygens (including phenoxy) is 1. The van der Waals surface area contributed by atoms with E-state index in [0.717, 1.165) is 18.5 Å². The quantitative estimate of drug-likeness (QED) is 0.680. The summed E-state index contributed by atoms with van der Waals surface area (Å²) in [6, 6.07) is 1.47. The zero-order valence-electron chi connectivity index (χ0n) is 18.6. The number of halogens is 3. The van der Waals surface area contributed by atoms with Crippen molar-refractivity contribution in [3.8, 4) is 11.5 Å². The van der Waals surface area contributed by atoms with Crippen LogP contribution in [0.4, 0.5) is 13.2 Å². The van der Waals surface area contributed by atoms with Crippen molar-refractivity contribution >= 4 is 5.91 Å². The summed E-state index contributed by atoms with van der Waals surface area (Å²) in [5.74, 6) is 0.348. The van der Waals surface area contributed by atoms with E-state index in [0.29, 0.717) is 56.1 Å². The van der Waals surface area contributed by atoms with E-state index in [-0.39, 0.29) is 23.9 Å². The molecule has 0 radical (unpaired) electrons. The molecule has 0 spiro atoms. The van der Waals surface area contributed by atoms with Crippen molar-refractivity contribution in [2.45, 2.75) is 62.7 Å². The second-order valence-electron chi connectivity index (χ2n) is 8.80. The Kier molecular flexibility index (Phi) is 7.28. The van der Waals surface area contributed by atoms with Gasteiger partial charge in [0.25, 0.3) is 5.91 Å². The van der Waals surface area contributed by atoms with E-state index in [4.69, 9.17) is 9.72 Å². The molecule has 1 saturated heterocycles. The van der Waals surface area contributed by atoms with Crippen molar-refractivity contribution in [1.29, 1.82) is 0 Å². The summed E-state index contributed by atoms with van der Waals surface area (Å²) in [6.07, 6.45) is 3.17. The first-order chi connectivity index (χ1) is 15.8. The first kappa shape index (κ1) is 23.6. The van der Waals surface area contributed by atoms with Gasteiger partial charge in [-0.05, 0) is 44.6 Å². The maximum atomic E-state index is 13.1. The Morgan fingerprint density at radius 1 is 1.12 bits per heavy atom. The van der Waals surface area contributed by atoms with Crippen molar-refractivity contribution in [3.05, 3.63) is 30.0 Å². The number of nitrogens with one attached hydrogen (secondary N) is 2. The molecule has 1 aliphatic carbocycles. The highest BCUT2D eigenvalue weighted by molar-refractivity contribution is 5.93. The summed E-state index contributed by atoms with van der Waals surface area (Å²) in [6.45, 7) is 0.327. The van der Waals surface area contributed by atoms with Crippen LogP contribution in [0.3, 0.4) is 0 Å². The van der Waals surface area contributed by atoms with Crippen LogP contribution in [-0.2, 0) is 11.8 Å². The van der Waals surface area contributed by atoms with Crippen LogP contribution >= 0.6 is 0 Å². The topological polar surface area (TPSA) is 94.0 Å². The summed E-state index contributed by atoms with van der Waals surface area (Å²) in [5, 5.41) is 5.58. The van der Waals surface area contributed by atoms with Crippen molar-refractivity contribution in [2.24, 2.45) is 7.05 Å². The first-order valence-corrected chi connectivity index (χ1v) is 11.3. The van der Waals surface area contributed by atoms with Crippen LogP contribution in [0.15, 0.2) is 18.6 Å². The van der Waals surface area contributed by atoms with Gasteiger partial charge in [0.2, 0.25) is 0 Å². The lowest BCUT2D eigenvalue weighted by molar-refractivity contribution is -0.126. The Morgan fingerprint density at radius 2 is 1.82 bits per heavy atom. The molecule has 2 aromatic rings. The number of imidazole rings is 1. The van der Waals surface area contributed by atoms with Gasteiger partial charge in [-0.3, -0.25) is 4.79 Å². The fraction of sp³-hybridized carbons (Fsp3) is 0.636. The number of nitrogens with zero attached hydrogens (tertiary/aromatic N) is 4. The number of rotatable bonds is 6. The molecule has 33 heavy (non-hydrogen) atoms. The van der Waals surface area contributed by atoms with Crippen LogP contribution < -0.4 is 10.6 Å². The molecule has 2 N–H and O–H groups in total. The van der Waals surface area contributed by atoms with Crippen molar-refractivity contribution in [3.63, 3.8) is 0 Å². The first-order valence-electron chi connectivity index (χ1n) is 11.3. The number of alkyl halides is 3. The van der Waals surface area contributed by atoms with E-state index in [1.165, 1.54) is 0 Å². The molecule has 3 heterocycles. The predicted octanol–water partition coefficient (Wildman–Crippen LogP) is 2.96. The van der Waals surface area contributed by atoms with Crippen LogP contribution in [0.1, 0.15) is 60.6 Å². The van der Waals surface area contributed by atoms with Crippen molar-refractivity contribution in [2.75, 3.05) is 19.8 Å². The Morgan fingerprint density at radius 3 is 2.45 bits per heavy atom. The Balaban J connectivity index is 1.45. The zero-order valence-corrected chi connectivity index (χ0v) is 18.6. The summed E-state index contributed by atoms with van der Waals surface area (Å²) in [5.41, 5.74) is 1.82. The molecule has 2 fully saturated rings. The minimum Gasteiger partial charge on any atom is -0.381 e. The summed E-state index contributed by atoms with van der Waals surface area (Å²) >= 11 is 0. The van der Waals surface area contributed by atoms with Crippen molar-refractivity contribution < 1.29 is 22.7 Å². The number of hydrogen-bond donors (Lipinski definition) is 2. The molecule has 1 saturated carbocycles. The van der Waals surface area contributed by atoms with Crippen LogP contribution in [-0.4, -0.2) is 63.4 Å². The van der Waals surface area contributed by atoms with Crippen LogP contribution in [0.5, 0.6) is 0 Å². The number of aromatic nitrogens is 4. The number of carbonyl (C=O) groups excluding carboxylic acids is 1. The average molecular weight is 467 g/mol. The molecule has 11 heteroatoms. The summed E-state index contributed by atoms with van der Waals surface area (Å²) in [7, 11) is 1.85. The molecule has 1 aliphatic heterocycles. The van der Waals surface area contributed by atoms with Gasteiger partial charge in [-0.1, -0.05) is 0 Å². The van der Waals surface area contributed by atoms with Gasteiger partial charge in [0.1, 0.15) is 11.4 Å². The van der Waals surface area contributed by atoms with Crippen LogP contribution in [0.2, 0.25) is 0 Å². The van der Waals surface area contributed by atoms with Gasteiger partial charge in [0.15, 0.2) is 5.82 Å². The second-order valence-corrected chi connectivity index (χ2v) is 8.80. The second kappa shape index (κ2) is 10.2. The molecular weight excluding hydrogens is 437 g/mol. The van der Waals surface area contributed by atoms with E-state index in [1.807, 2.05) is 7.05 Å². The van der Waals surface area contributed by atoms with Gasteiger partial charge in [-0.15, -0.1) is 0 Å². The van der Waals surface area contributed by atoms with Crippen molar-refractivity contribution in [1.82, 2.24) is 30.2 Å². The fourth-order valence-corrected chi connectivity index (χ4v) is 4.43. The molecule has 0 unspecified atom stereocenters. The van der Waals surface area contributed by atoms with E-state index < -0.39 is 12.7 Å². The van der Waals surface area contributed by atoms with E-state index in [1.54, 1.807) is 23.2 Å². The van der Waals surface area contributed by atoms with E-state index in [2.05, 4.69) is 20.6 Å². The van der Waals surface area contributed by atoms with E-state index >= 15 is 0 Å². The SMILES string of the molecule is Cn1cncc1-c1nc(C(=O)N[C@H]2CC[C@H](NCC(F)(F)F)CC2)cc(C2CCOCC2)n1. The van der Waals surface area contributed by atoms with Gasteiger partial charge >= 0.3 is 6.18 Å². The highest BCUT2D eigenvalue weighted by Crippen LogP contribution is 2.28. The van der Waals surface area contributed by atoms with E-state index in [9.17, 15) is 18.0 Å². The standard InChI is InChI=1S/C22H29F3N6O2/c1-31-13-26-11-19(31)20-29-17(14-6-8-33-9-7-14)10-18(30-20)21(32)28-16-4-2-15(3-5-16)27-12-22(23,24)25/h10-11,13-16,27H,2-9,12H2,1H3,(H,28,32)/t15-,16-. The molecule has 2 aliphatic rings. The largest absolute Gasteiger partial charge is 0.401 e. The number of amides is 1. The lowest BCUT2D eigenvalue weighted by Gasteiger charge is -2.30. The highest BCUT2D eigenvalue weighted by atomic mass is 19.4. The number of aryl methyl sites for hydroxylation is 1. The van der Waals surface area contributed by atoms with Gasteiger partial charge in [-0.2, -0.15) is 13.2 Å². The molecular formula is C22H29F3N6O2. The van der Waals surface area contributed by atoms with Gasteiger partial charge in [0, 0.05) is 44.0 Å². The summed E-state index contributed by atoms with van der Waals surface area (Å²) < 4.78 is 44.6. The molecule has 1 amide bonds. The maximum absolute atomic E-state index is 13.1. The highest BCUT2D eigenvalue weighted by Gasteiger charge is 2.30. The lowest BCUT2D eigenvalue weighted by Crippen LogP contribution is -2.44. The number of hydrogen-bond acceptors (Lipinski definition) is 6. The third kappa shape index (κ3) is 6.29. The Bertz CT molecular complexity index is 950. The van der Waals surface area contributed by atoms with Crippen LogP contribution in [0, 0.1) is 0 Å². The van der Waals surface area contributed by atoms with Gasteiger partial charge < -0.3 is 19.9 Å². The molecule has 180 valence electrons. The lowest BCUT2D eigenvalue weighted by atomic mass is 9.91. The normalized spacial score (nSPS) is 22.3. The minimum absolute atomic E-state index is 0.0944. The molecule has 8 nitrogen and oxygen atoms in total. The summed E-state index contributed by atoms with van der Waals surface area (Å²) in [4.78, 5) is 26.5. The fourth-order valence-electron chi connectivity index (χ4n) is 4.43. The monoisotopic (exact) mass is 466 g/mol. The maximum Gasteiger partial charge on any atom is 0.401 e. The smallest absolute Gasteiger partial charge is 0.381 e. The third-order valence-electron chi connectivity index (χ3n) is 6.32. The zero-order chi connectivity index (χ0) is 23.4. The molecule has 0 aromatic carbocycles. The molecule has 0 atom stereocenters. The Labute approximate surface area is 190 Å². The predicted molar refractivity (Wildman–Crippen MR) is 115 cm³/mol. The third-order valence-corrected chi connectivity index (χ3v) is 6.32. The average Bonchev–Trinajstić information content (AvgIpc) is 3.24. The minimum atomic E-state index is -4.22. The Hall–Kier alpha value is -2.53.